The summed E-state index contributed by atoms with van der Waals surface area (Å²) in [5, 5.41) is 6.72. The number of hydrogen-bond donors (Lipinski definition) is 2. The highest BCUT2D eigenvalue weighted by atomic mass is 16.2. The summed E-state index contributed by atoms with van der Waals surface area (Å²) in [6.07, 6.45) is 20.9. The highest BCUT2D eigenvalue weighted by molar-refractivity contribution is 5.79. The van der Waals surface area contributed by atoms with Crippen molar-refractivity contribution in [2.24, 2.45) is 11.8 Å². The van der Waals surface area contributed by atoms with Gasteiger partial charge in [0.1, 0.15) is 0 Å². The van der Waals surface area contributed by atoms with E-state index in [0.29, 0.717) is 19.5 Å². The maximum Gasteiger partial charge on any atom is 0.225 e. The lowest BCUT2D eigenvalue weighted by atomic mass is 10.1. The van der Waals surface area contributed by atoms with E-state index in [0.717, 1.165) is 84.0 Å². The van der Waals surface area contributed by atoms with Gasteiger partial charge in [0.15, 0.2) is 0 Å². The van der Waals surface area contributed by atoms with Crippen molar-refractivity contribution in [1.29, 1.82) is 0 Å². The molecule has 42 heavy (non-hydrogen) atoms. The van der Waals surface area contributed by atoms with Gasteiger partial charge in [-0.3, -0.25) is 14.4 Å². The van der Waals surface area contributed by atoms with Crippen LogP contribution in [0.2, 0.25) is 0 Å². The van der Waals surface area contributed by atoms with E-state index in [4.69, 9.17) is 0 Å². The summed E-state index contributed by atoms with van der Waals surface area (Å²) >= 11 is 0. The number of carbonyl (C=O) groups excluding carboxylic acids is 3. The summed E-state index contributed by atoms with van der Waals surface area (Å²) < 4.78 is 0. The largest absolute Gasteiger partial charge is 0.356 e. The second-order valence-corrected chi connectivity index (χ2v) is 12.5. The predicted molar refractivity (Wildman–Crippen MR) is 176 cm³/mol. The molecule has 3 unspecified atom stereocenters. The number of nitrogens with zero attached hydrogens (tertiary/aromatic N) is 2. The monoisotopic (exact) mass is 591 g/mol. The van der Waals surface area contributed by atoms with Gasteiger partial charge >= 0.3 is 0 Å². The molecular weight excluding hydrogens is 524 g/mol. The summed E-state index contributed by atoms with van der Waals surface area (Å²) in [6, 6.07) is 0.0758. The van der Waals surface area contributed by atoms with Gasteiger partial charge in [0.05, 0.1) is 0 Å². The Bertz CT molecular complexity index is 757. The molecule has 1 rings (SSSR count). The van der Waals surface area contributed by atoms with Crippen molar-refractivity contribution in [2.45, 2.75) is 143 Å². The van der Waals surface area contributed by atoms with Crippen LogP contribution in [0.25, 0.3) is 0 Å². The number of rotatable bonds is 13. The van der Waals surface area contributed by atoms with Crippen molar-refractivity contribution in [1.82, 2.24) is 20.4 Å². The van der Waals surface area contributed by atoms with E-state index in [1.165, 1.54) is 38.5 Å². The quantitative estimate of drug-likeness (QED) is 0.181. The van der Waals surface area contributed by atoms with Crippen molar-refractivity contribution < 1.29 is 14.4 Å². The molecule has 0 bridgehead atoms. The zero-order chi connectivity index (χ0) is 31.0. The molecule has 7 nitrogen and oxygen atoms in total. The van der Waals surface area contributed by atoms with Crippen LogP contribution >= 0.6 is 0 Å². The molecule has 0 radical (unpaired) electrons. The maximum atomic E-state index is 13.1. The first-order valence-electron chi connectivity index (χ1n) is 17.6. The van der Waals surface area contributed by atoms with Gasteiger partial charge < -0.3 is 20.4 Å². The van der Waals surface area contributed by atoms with Gasteiger partial charge in [-0.2, -0.15) is 0 Å². The van der Waals surface area contributed by atoms with Crippen LogP contribution in [0, 0.1) is 11.8 Å². The second kappa shape index (κ2) is 24.5. The van der Waals surface area contributed by atoms with Gasteiger partial charge in [-0.15, -0.1) is 0 Å². The summed E-state index contributed by atoms with van der Waals surface area (Å²) in [7, 11) is 0. The minimum atomic E-state index is 0.0158. The van der Waals surface area contributed by atoms with Crippen LogP contribution in [-0.4, -0.2) is 72.8 Å². The Morgan fingerprint density at radius 2 is 1.31 bits per heavy atom. The molecule has 1 aliphatic heterocycles. The molecule has 1 saturated heterocycles. The lowest BCUT2D eigenvalue weighted by molar-refractivity contribution is -0.135. The average molecular weight is 591 g/mol. The van der Waals surface area contributed by atoms with E-state index in [1.807, 2.05) is 23.6 Å². The SMILES string of the molecule is CCCCCCCC/C=C/CC1CC(=O)NCCCN(C(=O)C(C)CC)CCCCCN(C(=O)C(C)CC)CCCN1. The summed E-state index contributed by atoms with van der Waals surface area (Å²) in [4.78, 5) is 43.0. The van der Waals surface area contributed by atoms with E-state index in [9.17, 15) is 14.4 Å². The fourth-order valence-corrected chi connectivity index (χ4v) is 5.45. The first kappa shape index (κ1) is 38.1. The van der Waals surface area contributed by atoms with Crippen molar-refractivity contribution in [3.05, 3.63) is 12.2 Å². The van der Waals surface area contributed by atoms with Crippen molar-refractivity contribution in [2.75, 3.05) is 39.3 Å². The molecule has 0 aromatic rings. The van der Waals surface area contributed by atoms with Gasteiger partial charge in [0.2, 0.25) is 17.7 Å². The Balaban J connectivity index is 2.81. The van der Waals surface area contributed by atoms with E-state index in [2.05, 4.69) is 43.6 Å². The normalized spacial score (nSPS) is 20.5. The van der Waals surface area contributed by atoms with Gasteiger partial charge in [-0.05, 0) is 70.8 Å². The molecule has 0 aliphatic carbocycles. The number of carbonyl (C=O) groups is 3. The van der Waals surface area contributed by atoms with Gasteiger partial charge in [-0.1, -0.05) is 78.9 Å². The van der Waals surface area contributed by atoms with Gasteiger partial charge in [-0.25, -0.2) is 0 Å². The van der Waals surface area contributed by atoms with Crippen LogP contribution in [0.4, 0.5) is 0 Å². The molecule has 3 amide bonds. The standard InChI is InChI=1S/C35H66N4O3/c1-6-9-10-11-12-13-14-15-17-22-32-29-33(40)37-24-21-28-39(35(42)31(5)8-3)26-19-16-18-25-38(27-20-23-36-32)34(41)30(4)7-2/h15,17,30-32,36H,6-14,16,18-29H2,1-5H3,(H,37,40)/b17-15+. The number of unbranched alkanes of at least 4 members (excludes halogenated alkanes) is 6. The van der Waals surface area contributed by atoms with Gasteiger partial charge in [0, 0.05) is 57.0 Å². The Morgan fingerprint density at radius 1 is 0.762 bits per heavy atom. The van der Waals surface area contributed by atoms with Crippen molar-refractivity contribution in [3.63, 3.8) is 0 Å². The zero-order valence-corrected chi connectivity index (χ0v) is 28.1. The molecule has 0 saturated carbocycles. The van der Waals surface area contributed by atoms with Crippen molar-refractivity contribution in [3.8, 4) is 0 Å². The maximum absolute atomic E-state index is 13.1. The first-order chi connectivity index (χ1) is 20.3. The second-order valence-electron chi connectivity index (χ2n) is 12.5. The molecule has 1 heterocycles. The first-order valence-corrected chi connectivity index (χ1v) is 17.6. The highest BCUT2D eigenvalue weighted by Gasteiger charge is 2.21. The van der Waals surface area contributed by atoms with Crippen LogP contribution in [0.5, 0.6) is 0 Å². The summed E-state index contributed by atoms with van der Waals surface area (Å²) in [5.41, 5.74) is 0. The average Bonchev–Trinajstić information content (AvgIpc) is 2.99. The molecular formula is C35H66N4O3. The van der Waals surface area contributed by atoms with E-state index in [1.54, 1.807) is 0 Å². The molecule has 1 fully saturated rings. The van der Waals surface area contributed by atoms with Crippen LogP contribution in [-0.2, 0) is 14.4 Å². The summed E-state index contributed by atoms with van der Waals surface area (Å²) in [6.45, 7) is 14.7. The van der Waals surface area contributed by atoms with Crippen LogP contribution < -0.4 is 10.6 Å². The molecule has 3 atom stereocenters. The number of amides is 3. The molecule has 0 spiro atoms. The van der Waals surface area contributed by atoms with E-state index >= 15 is 0 Å². The number of hydrogen-bond acceptors (Lipinski definition) is 4. The minimum Gasteiger partial charge on any atom is -0.356 e. The predicted octanol–water partition coefficient (Wildman–Crippen LogP) is 6.86. The molecule has 244 valence electrons. The fraction of sp³-hybridized carbons (Fsp3) is 0.857. The molecule has 0 aromatic heterocycles. The minimum absolute atomic E-state index is 0.0158. The van der Waals surface area contributed by atoms with E-state index in [-0.39, 0.29) is 35.6 Å². The molecule has 7 heteroatoms. The fourth-order valence-electron chi connectivity index (χ4n) is 5.45. The third kappa shape index (κ3) is 17.3. The third-order valence-corrected chi connectivity index (χ3v) is 8.76. The van der Waals surface area contributed by atoms with Gasteiger partial charge in [0.25, 0.3) is 0 Å². The lowest BCUT2D eigenvalue weighted by Crippen LogP contribution is -2.41. The Labute approximate surface area is 259 Å². The molecule has 0 aromatic carbocycles. The van der Waals surface area contributed by atoms with Crippen LogP contribution in [0.1, 0.15) is 137 Å². The molecule has 1 aliphatic rings. The van der Waals surface area contributed by atoms with Crippen LogP contribution in [0.15, 0.2) is 12.2 Å². The number of allylic oxidation sites excluding steroid dienone is 1. The van der Waals surface area contributed by atoms with Crippen molar-refractivity contribution >= 4 is 17.7 Å². The smallest absolute Gasteiger partial charge is 0.225 e. The lowest BCUT2D eigenvalue weighted by Gasteiger charge is -2.28. The van der Waals surface area contributed by atoms with E-state index < -0.39 is 0 Å². The number of nitrogens with one attached hydrogen (secondary N) is 2. The topological polar surface area (TPSA) is 81.8 Å². The molecule has 2 N–H and O–H groups in total. The summed E-state index contributed by atoms with van der Waals surface area (Å²) in [5.74, 6) is 0.568. The highest BCUT2D eigenvalue weighted by Crippen LogP contribution is 2.13. The Morgan fingerprint density at radius 3 is 1.90 bits per heavy atom. The third-order valence-electron chi connectivity index (χ3n) is 8.76. The Hall–Kier alpha value is -1.89. The Kier molecular flexibility index (Phi) is 22.3. The zero-order valence-electron chi connectivity index (χ0n) is 28.1. The van der Waals surface area contributed by atoms with Crippen LogP contribution in [0.3, 0.4) is 0 Å².